The van der Waals surface area contributed by atoms with Crippen molar-refractivity contribution in [3.05, 3.63) is 36.2 Å². The molecule has 0 atom stereocenters. The molecule has 6 heteroatoms. The van der Waals surface area contributed by atoms with Gasteiger partial charge in [0.1, 0.15) is 0 Å². The fourth-order valence-electron chi connectivity index (χ4n) is 2.65. The van der Waals surface area contributed by atoms with Gasteiger partial charge in [-0.15, -0.1) is 12.4 Å². The minimum Gasteiger partial charge on any atom is -0.341 e. The van der Waals surface area contributed by atoms with E-state index in [0.717, 1.165) is 36.1 Å². The lowest BCUT2D eigenvalue weighted by Crippen LogP contribution is -2.26. The van der Waals surface area contributed by atoms with Crippen LogP contribution in [0.4, 0.5) is 5.95 Å². The van der Waals surface area contributed by atoms with Crippen molar-refractivity contribution in [3.8, 4) is 11.4 Å². The quantitative estimate of drug-likeness (QED) is 0.942. The maximum atomic E-state index is 5.80. The van der Waals surface area contributed by atoms with Crippen molar-refractivity contribution in [1.29, 1.82) is 0 Å². The van der Waals surface area contributed by atoms with E-state index in [-0.39, 0.29) is 12.4 Å². The van der Waals surface area contributed by atoms with Crippen LogP contribution < -0.4 is 10.6 Å². The van der Waals surface area contributed by atoms with E-state index in [1.165, 1.54) is 25.7 Å². The molecule has 2 aromatic heterocycles. The Kier molecular flexibility index (Phi) is 6.10. The van der Waals surface area contributed by atoms with Crippen LogP contribution in [0.15, 0.2) is 30.5 Å². The third kappa shape index (κ3) is 3.93. The zero-order valence-electron chi connectivity index (χ0n) is 12.6. The van der Waals surface area contributed by atoms with Crippen molar-refractivity contribution in [2.75, 3.05) is 18.0 Å². The molecule has 3 rings (SSSR count). The van der Waals surface area contributed by atoms with E-state index in [1.54, 1.807) is 6.20 Å². The average Bonchev–Trinajstić information content (AvgIpc) is 2.84. The van der Waals surface area contributed by atoms with Gasteiger partial charge in [0, 0.05) is 25.8 Å². The third-order valence-electron chi connectivity index (χ3n) is 3.79. The van der Waals surface area contributed by atoms with E-state index in [1.807, 2.05) is 24.3 Å². The standard InChI is InChI=1S/C16H21N5.ClH/c17-12-13-11-15(14-7-3-4-8-18-14)20-16(19-13)21-9-5-1-2-6-10-21;/h3-4,7-8,11H,1-2,5-6,9-10,12,17H2;1H. The van der Waals surface area contributed by atoms with Crippen molar-refractivity contribution in [1.82, 2.24) is 15.0 Å². The number of aromatic nitrogens is 3. The molecular weight excluding hydrogens is 298 g/mol. The number of rotatable bonds is 3. The molecule has 2 aromatic rings. The molecule has 0 radical (unpaired) electrons. The number of nitrogens with two attached hydrogens (primary N) is 1. The summed E-state index contributed by atoms with van der Waals surface area (Å²) in [6, 6.07) is 7.78. The number of anilines is 1. The van der Waals surface area contributed by atoms with Gasteiger partial charge in [0.15, 0.2) is 0 Å². The van der Waals surface area contributed by atoms with Crippen LogP contribution in [-0.4, -0.2) is 28.0 Å². The van der Waals surface area contributed by atoms with Crippen LogP contribution in [-0.2, 0) is 6.54 Å². The first kappa shape index (κ1) is 16.6. The Balaban J connectivity index is 0.00000176. The summed E-state index contributed by atoms with van der Waals surface area (Å²) in [6.07, 6.45) is 6.77. The number of hydrogen-bond donors (Lipinski definition) is 1. The van der Waals surface area contributed by atoms with Gasteiger partial charge < -0.3 is 10.6 Å². The maximum absolute atomic E-state index is 5.80. The highest BCUT2D eigenvalue weighted by Crippen LogP contribution is 2.21. The highest BCUT2D eigenvalue weighted by molar-refractivity contribution is 5.85. The van der Waals surface area contributed by atoms with Gasteiger partial charge in [0.2, 0.25) is 5.95 Å². The summed E-state index contributed by atoms with van der Waals surface area (Å²) in [5.74, 6) is 0.792. The fraction of sp³-hybridized carbons (Fsp3) is 0.438. The van der Waals surface area contributed by atoms with Crippen LogP contribution in [0.3, 0.4) is 0 Å². The number of pyridine rings is 1. The largest absolute Gasteiger partial charge is 0.341 e. The van der Waals surface area contributed by atoms with E-state index >= 15 is 0 Å². The highest BCUT2D eigenvalue weighted by atomic mass is 35.5. The molecular formula is C16H22ClN5. The van der Waals surface area contributed by atoms with Gasteiger partial charge in [-0.25, -0.2) is 9.97 Å². The molecule has 1 fully saturated rings. The molecule has 22 heavy (non-hydrogen) atoms. The van der Waals surface area contributed by atoms with Gasteiger partial charge in [-0.05, 0) is 31.0 Å². The van der Waals surface area contributed by atoms with Gasteiger partial charge in [-0.1, -0.05) is 18.9 Å². The normalized spacial score (nSPS) is 15.0. The van der Waals surface area contributed by atoms with Gasteiger partial charge in [-0.2, -0.15) is 0 Å². The molecule has 0 saturated carbocycles. The second kappa shape index (κ2) is 8.06. The summed E-state index contributed by atoms with van der Waals surface area (Å²) >= 11 is 0. The molecule has 2 N–H and O–H groups in total. The van der Waals surface area contributed by atoms with Crippen molar-refractivity contribution >= 4 is 18.4 Å². The second-order valence-corrected chi connectivity index (χ2v) is 5.36. The lowest BCUT2D eigenvalue weighted by atomic mass is 10.2. The van der Waals surface area contributed by atoms with Gasteiger partial charge in [0.25, 0.3) is 0 Å². The Labute approximate surface area is 137 Å². The Morgan fingerprint density at radius 3 is 2.41 bits per heavy atom. The monoisotopic (exact) mass is 319 g/mol. The highest BCUT2D eigenvalue weighted by Gasteiger charge is 2.15. The third-order valence-corrected chi connectivity index (χ3v) is 3.79. The first-order chi connectivity index (χ1) is 10.4. The van der Waals surface area contributed by atoms with Crippen molar-refractivity contribution in [2.45, 2.75) is 32.2 Å². The predicted octanol–water partition coefficient (Wildman–Crippen LogP) is 2.80. The van der Waals surface area contributed by atoms with E-state index in [0.29, 0.717) is 6.54 Å². The molecule has 1 aliphatic rings. The van der Waals surface area contributed by atoms with E-state index < -0.39 is 0 Å². The molecule has 0 unspecified atom stereocenters. The number of hydrogen-bond acceptors (Lipinski definition) is 5. The van der Waals surface area contributed by atoms with Crippen molar-refractivity contribution in [3.63, 3.8) is 0 Å². The summed E-state index contributed by atoms with van der Waals surface area (Å²) in [7, 11) is 0. The molecule has 0 spiro atoms. The summed E-state index contributed by atoms with van der Waals surface area (Å²) in [4.78, 5) is 16.0. The Bertz CT molecular complexity index is 582. The zero-order valence-corrected chi connectivity index (χ0v) is 13.4. The molecule has 3 heterocycles. The van der Waals surface area contributed by atoms with Crippen LogP contribution in [0.5, 0.6) is 0 Å². The maximum Gasteiger partial charge on any atom is 0.226 e. The summed E-state index contributed by atoms with van der Waals surface area (Å²) < 4.78 is 0. The molecule has 0 aromatic carbocycles. The first-order valence-corrected chi connectivity index (χ1v) is 7.61. The minimum atomic E-state index is 0. The van der Waals surface area contributed by atoms with E-state index in [4.69, 9.17) is 10.7 Å². The second-order valence-electron chi connectivity index (χ2n) is 5.36. The molecule has 0 bridgehead atoms. The Morgan fingerprint density at radius 2 is 1.77 bits per heavy atom. The van der Waals surface area contributed by atoms with Crippen LogP contribution in [0, 0.1) is 0 Å². The molecule has 0 amide bonds. The first-order valence-electron chi connectivity index (χ1n) is 7.61. The average molecular weight is 320 g/mol. The molecule has 5 nitrogen and oxygen atoms in total. The van der Waals surface area contributed by atoms with Crippen LogP contribution in [0.25, 0.3) is 11.4 Å². The lowest BCUT2D eigenvalue weighted by Gasteiger charge is -2.21. The zero-order chi connectivity index (χ0) is 14.5. The SMILES string of the molecule is Cl.NCc1cc(-c2ccccn2)nc(N2CCCCCC2)n1. The van der Waals surface area contributed by atoms with Crippen molar-refractivity contribution < 1.29 is 0 Å². The summed E-state index contributed by atoms with van der Waals surface area (Å²) in [5, 5.41) is 0. The van der Waals surface area contributed by atoms with E-state index in [9.17, 15) is 0 Å². The van der Waals surface area contributed by atoms with E-state index in [2.05, 4.69) is 14.9 Å². The Morgan fingerprint density at radius 1 is 1.00 bits per heavy atom. The fourth-order valence-corrected chi connectivity index (χ4v) is 2.65. The number of nitrogens with zero attached hydrogens (tertiary/aromatic N) is 4. The van der Waals surface area contributed by atoms with Gasteiger partial charge >= 0.3 is 0 Å². The predicted molar refractivity (Wildman–Crippen MR) is 91.1 cm³/mol. The van der Waals surface area contributed by atoms with Gasteiger partial charge in [0.05, 0.1) is 17.1 Å². The number of halogens is 1. The molecule has 1 saturated heterocycles. The topological polar surface area (TPSA) is 67.9 Å². The Hall–Kier alpha value is -1.72. The van der Waals surface area contributed by atoms with Crippen LogP contribution >= 0.6 is 12.4 Å². The summed E-state index contributed by atoms with van der Waals surface area (Å²) in [6.45, 7) is 2.47. The molecule has 0 aliphatic carbocycles. The van der Waals surface area contributed by atoms with Gasteiger partial charge in [-0.3, -0.25) is 4.98 Å². The van der Waals surface area contributed by atoms with Crippen molar-refractivity contribution in [2.24, 2.45) is 5.73 Å². The van der Waals surface area contributed by atoms with Crippen LogP contribution in [0.2, 0.25) is 0 Å². The minimum absolute atomic E-state index is 0. The molecule has 1 aliphatic heterocycles. The molecule has 118 valence electrons. The smallest absolute Gasteiger partial charge is 0.226 e. The lowest BCUT2D eigenvalue weighted by molar-refractivity contribution is 0.726. The van der Waals surface area contributed by atoms with Crippen LogP contribution in [0.1, 0.15) is 31.4 Å². The summed E-state index contributed by atoms with van der Waals surface area (Å²) in [5.41, 5.74) is 8.38.